The Morgan fingerprint density at radius 1 is 1.07 bits per heavy atom. The van der Waals surface area contributed by atoms with Crippen molar-refractivity contribution in [1.82, 2.24) is 14.9 Å². The summed E-state index contributed by atoms with van der Waals surface area (Å²) in [7, 11) is 0. The standard InChI is InChI=1S/C21H25N5O2S/c1-13-8-9-17(10-16(13)4)23-19(27)12-29-21-25-24-18(26(21)22)11-28-20-14(2)6-5-7-15(20)3/h5-10H,11-12,22H2,1-4H3,(H,23,27). The van der Waals surface area contributed by atoms with Crippen LogP contribution < -0.4 is 15.9 Å². The number of nitrogen functional groups attached to an aromatic ring is 1. The predicted molar refractivity (Wildman–Crippen MR) is 116 cm³/mol. The molecule has 152 valence electrons. The molecule has 0 saturated carbocycles. The van der Waals surface area contributed by atoms with Gasteiger partial charge in [0, 0.05) is 5.69 Å². The Bertz CT molecular complexity index is 1010. The fraction of sp³-hybridized carbons (Fsp3) is 0.286. The first-order valence-electron chi connectivity index (χ1n) is 9.23. The molecule has 0 atom stereocenters. The lowest BCUT2D eigenvalue weighted by Gasteiger charge is -2.11. The summed E-state index contributed by atoms with van der Waals surface area (Å²) in [6, 6.07) is 11.8. The number of benzene rings is 2. The summed E-state index contributed by atoms with van der Waals surface area (Å²) in [6.07, 6.45) is 0. The number of ether oxygens (including phenoxy) is 1. The van der Waals surface area contributed by atoms with Crippen LogP contribution in [0.2, 0.25) is 0 Å². The molecule has 8 heteroatoms. The third kappa shape index (κ3) is 5.08. The Labute approximate surface area is 174 Å². The quantitative estimate of drug-likeness (QED) is 0.456. The number of thioether (sulfide) groups is 1. The first-order chi connectivity index (χ1) is 13.8. The molecule has 1 heterocycles. The van der Waals surface area contributed by atoms with Gasteiger partial charge in [0.2, 0.25) is 11.1 Å². The molecule has 29 heavy (non-hydrogen) atoms. The van der Waals surface area contributed by atoms with Crippen LogP contribution in [-0.4, -0.2) is 26.5 Å². The highest BCUT2D eigenvalue weighted by atomic mass is 32.2. The van der Waals surface area contributed by atoms with Crippen molar-refractivity contribution in [3.8, 4) is 5.75 Å². The van der Waals surface area contributed by atoms with Crippen LogP contribution in [0.25, 0.3) is 0 Å². The summed E-state index contributed by atoms with van der Waals surface area (Å²) in [6.45, 7) is 8.23. The second-order valence-electron chi connectivity index (χ2n) is 6.91. The van der Waals surface area contributed by atoms with Crippen LogP contribution in [0, 0.1) is 27.7 Å². The lowest BCUT2D eigenvalue weighted by atomic mass is 10.1. The maximum absolute atomic E-state index is 12.2. The Kier molecular flexibility index (Phi) is 6.43. The normalized spacial score (nSPS) is 10.8. The van der Waals surface area contributed by atoms with Gasteiger partial charge in [-0.25, -0.2) is 4.68 Å². The maximum Gasteiger partial charge on any atom is 0.234 e. The molecule has 0 bridgehead atoms. The van der Waals surface area contributed by atoms with Gasteiger partial charge in [0.05, 0.1) is 5.75 Å². The van der Waals surface area contributed by atoms with E-state index in [1.54, 1.807) is 0 Å². The van der Waals surface area contributed by atoms with E-state index in [1.165, 1.54) is 22.0 Å². The van der Waals surface area contributed by atoms with Gasteiger partial charge >= 0.3 is 0 Å². The molecular weight excluding hydrogens is 386 g/mol. The van der Waals surface area contributed by atoms with Crippen LogP contribution in [0.1, 0.15) is 28.1 Å². The topological polar surface area (TPSA) is 95.1 Å². The molecule has 0 radical (unpaired) electrons. The summed E-state index contributed by atoms with van der Waals surface area (Å²) >= 11 is 1.23. The fourth-order valence-corrected chi connectivity index (χ4v) is 3.49. The van der Waals surface area contributed by atoms with Crippen LogP contribution in [0.15, 0.2) is 41.6 Å². The minimum atomic E-state index is -0.130. The zero-order valence-electron chi connectivity index (χ0n) is 17.0. The maximum atomic E-state index is 12.2. The minimum Gasteiger partial charge on any atom is -0.485 e. The Morgan fingerprint density at radius 3 is 2.48 bits per heavy atom. The van der Waals surface area contributed by atoms with Gasteiger partial charge in [-0.2, -0.15) is 0 Å². The summed E-state index contributed by atoms with van der Waals surface area (Å²) in [5.74, 6) is 7.44. The van der Waals surface area contributed by atoms with Gasteiger partial charge in [-0.3, -0.25) is 4.79 Å². The molecule has 3 rings (SSSR count). The molecule has 1 aromatic heterocycles. The zero-order valence-corrected chi connectivity index (χ0v) is 17.8. The number of hydrogen-bond donors (Lipinski definition) is 2. The molecule has 0 aliphatic carbocycles. The van der Waals surface area contributed by atoms with E-state index >= 15 is 0 Å². The number of amides is 1. The molecule has 0 aliphatic heterocycles. The lowest BCUT2D eigenvalue weighted by Crippen LogP contribution is -2.18. The number of nitrogens with two attached hydrogens (primary N) is 1. The first-order valence-corrected chi connectivity index (χ1v) is 10.2. The zero-order chi connectivity index (χ0) is 21.0. The van der Waals surface area contributed by atoms with E-state index < -0.39 is 0 Å². The van der Waals surface area contributed by atoms with Crippen molar-refractivity contribution in [1.29, 1.82) is 0 Å². The molecular formula is C21H25N5O2S. The van der Waals surface area contributed by atoms with E-state index in [1.807, 2.05) is 64.1 Å². The van der Waals surface area contributed by atoms with E-state index in [2.05, 4.69) is 15.5 Å². The molecule has 0 unspecified atom stereocenters. The molecule has 2 aromatic carbocycles. The molecule has 3 aromatic rings. The molecule has 0 spiro atoms. The van der Waals surface area contributed by atoms with Crippen LogP contribution in [0.5, 0.6) is 5.75 Å². The minimum absolute atomic E-state index is 0.130. The Morgan fingerprint density at radius 2 is 1.79 bits per heavy atom. The average Bonchev–Trinajstić information content (AvgIpc) is 3.02. The van der Waals surface area contributed by atoms with Crippen molar-refractivity contribution < 1.29 is 9.53 Å². The lowest BCUT2D eigenvalue weighted by molar-refractivity contribution is -0.113. The van der Waals surface area contributed by atoms with Gasteiger partial charge in [0.15, 0.2) is 5.82 Å². The largest absolute Gasteiger partial charge is 0.485 e. The number of carbonyl (C=O) groups is 1. The van der Waals surface area contributed by atoms with Gasteiger partial charge in [-0.05, 0) is 62.1 Å². The number of anilines is 1. The van der Waals surface area contributed by atoms with Crippen molar-refractivity contribution in [2.24, 2.45) is 0 Å². The number of hydrogen-bond acceptors (Lipinski definition) is 6. The summed E-state index contributed by atoms with van der Waals surface area (Å²) in [4.78, 5) is 12.2. The molecule has 0 saturated heterocycles. The summed E-state index contributed by atoms with van der Waals surface area (Å²) in [5.41, 5.74) is 5.18. The number of nitrogens with one attached hydrogen (secondary N) is 1. The van der Waals surface area contributed by atoms with Crippen molar-refractivity contribution in [3.63, 3.8) is 0 Å². The monoisotopic (exact) mass is 411 g/mol. The van der Waals surface area contributed by atoms with Gasteiger partial charge < -0.3 is 15.9 Å². The molecule has 0 aliphatic rings. The van der Waals surface area contributed by atoms with E-state index in [4.69, 9.17) is 10.6 Å². The van der Waals surface area contributed by atoms with Gasteiger partial charge in [0.25, 0.3) is 0 Å². The van der Waals surface area contributed by atoms with Gasteiger partial charge in [0.1, 0.15) is 12.4 Å². The average molecular weight is 412 g/mol. The number of carbonyl (C=O) groups excluding carboxylic acids is 1. The highest BCUT2D eigenvalue weighted by Gasteiger charge is 2.14. The molecule has 3 N–H and O–H groups in total. The molecule has 0 fully saturated rings. The van der Waals surface area contributed by atoms with Crippen LogP contribution >= 0.6 is 11.8 Å². The number of rotatable bonds is 7. The van der Waals surface area contributed by atoms with Crippen molar-refractivity contribution >= 4 is 23.4 Å². The third-order valence-corrected chi connectivity index (χ3v) is 5.56. The SMILES string of the molecule is Cc1ccc(NC(=O)CSc2nnc(COc3c(C)cccc3C)n2N)cc1C. The van der Waals surface area contributed by atoms with E-state index in [0.717, 1.165) is 28.1 Å². The Balaban J connectivity index is 1.56. The summed E-state index contributed by atoms with van der Waals surface area (Å²) in [5, 5.41) is 11.5. The van der Waals surface area contributed by atoms with E-state index in [-0.39, 0.29) is 18.3 Å². The second kappa shape index (κ2) is 9.00. The number of nitrogens with zero attached hydrogens (tertiary/aromatic N) is 3. The highest BCUT2D eigenvalue weighted by molar-refractivity contribution is 7.99. The summed E-state index contributed by atoms with van der Waals surface area (Å²) < 4.78 is 7.24. The van der Waals surface area contributed by atoms with Gasteiger partial charge in [-0.15, -0.1) is 10.2 Å². The number of aryl methyl sites for hydroxylation is 4. The molecule has 1 amide bonds. The van der Waals surface area contributed by atoms with E-state index in [0.29, 0.717) is 11.0 Å². The van der Waals surface area contributed by atoms with Crippen molar-refractivity contribution in [3.05, 3.63) is 64.5 Å². The second-order valence-corrected chi connectivity index (χ2v) is 7.86. The van der Waals surface area contributed by atoms with Crippen molar-refractivity contribution in [2.45, 2.75) is 39.5 Å². The van der Waals surface area contributed by atoms with Crippen LogP contribution in [0.3, 0.4) is 0 Å². The molecule has 7 nitrogen and oxygen atoms in total. The van der Waals surface area contributed by atoms with Crippen LogP contribution in [0.4, 0.5) is 5.69 Å². The van der Waals surface area contributed by atoms with E-state index in [9.17, 15) is 4.79 Å². The van der Waals surface area contributed by atoms with Crippen LogP contribution in [-0.2, 0) is 11.4 Å². The third-order valence-electron chi connectivity index (χ3n) is 4.61. The number of para-hydroxylation sites is 1. The first kappa shape index (κ1) is 20.7. The van der Waals surface area contributed by atoms with Crippen molar-refractivity contribution in [2.75, 3.05) is 16.9 Å². The predicted octanol–water partition coefficient (Wildman–Crippen LogP) is 3.54. The Hall–Kier alpha value is -3.00. The highest BCUT2D eigenvalue weighted by Crippen LogP contribution is 2.24. The van der Waals surface area contributed by atoms with Gasteiger partial charge in [-0.1, -0.05) is 36.0 Å². The fourth-order valence-electron chi connectivity index (χ4n) is 2.81. The number of aromatic nitrogens is 3. The smallest absolute Gasteiger partial charge is 0.234 e.